The van der Waals surface area contributed by atoms with Gasteiger partial charge in [-0.2, -0.15) is 5.10 Å². The van der Waals surface area contributed by atoms with Gasteiger partial charge in [-0.25, -0.2) is 0 Å². The van der Waals surface area contributed by atoms with Crippen molar-refractivity contribution in [3.63, 3.8) is 0 Å². The van der Waals surface area contributed by atoms with E-state index < -0.39 is 5.60 Å². The molecule has 80 valence electrons. The fraction of sp³-hybridized carbons (Fsp3) is 0.700. The minimum atomic E-state index is -0.983. The molecule has 4 nitrogen and oxygen atoms in total. The zero-order chi connectivity index (χ0) is 11.0. The summed E-state index contributed by atoms with van der Waals surface area (Å²) >= 11 is 0. The van der Waals surface area contributed by atoms with Crippen molar-refractivity contribution in [2.45, 2.75) is 38.8 Å². The molecule has 0 aliphatic carbocycles. The van der Waals surface area contributed by atoms with E-state index in [-0.39, 0.29) is 12.1 Å². The highest BCUT2D eigenvalue weighted by molar-refractivity contribution is 5.15. The lowest BCUT2D eigenvalue weighted by molar-refractivity contribution is 0.0666. The summed E-state index contributed by atoms with van der Waals surface area (Å²) in [5.74, 6) is 0. The van der Waals surface area contributed by atoms with Gasteiger partial charge in [0.1, 0.15) is 5.60 Å². The van der Waals surface area contributed by atoms with E-state index in [0.29, 0.717) is 0 Å². The van der Waals surface area contributed by atoms with Crippen LogP contribution in [0.3, 0.4) is 0 Å². The van der Waals surface area contributed by atoms with E-state index in [4.69, 9.17) is 5.73 Å². The summed E-state index contributed by atoms with van der Waals surface area (Å²) < 4.78 is 1.83. The zero-order valence-electron chi connectivity index (χ0n) is 9.28. The first kappa shape index (κ1) is 11.2. The van der Waals surface area contributed by atoms with Gasteiger partial charge in [-0.15, -0.1) is 0 Å². The lowest BCUT2D eigenvalue weighted by Crippen LogP contribution is -2.31. The molecule has 0 aromatic carbocycles. The van der Waals surface area contributed by atoms with E-state index in [1.165, 1.54) is 0 Å². The van der Waals surface area contributed by atoms with Crippen LogP contribution in [0.4, 0.5) is 0 Å². The van der Waals surface area contributed by atoms with E-state index in [2.05, 4.69) is 25.9 Å². The zero-order valence-corrected chi connectivity index (χ0v) is 9.28. The average Bonchev–Trinajstić information content (AvgIpc) is 2.51. The molecule has 1 aromatic rings. The van der Waals surface area contributed by atoms with Crippen LogP contribution in [0.25, 0.3) is 0 Å². The number of nitrogens with two attached hydrogens (primary N) is 1. The summed E-state index contributed by atoms with van der Waals surface area (Å²) in [4.78, 5) is 0. The van der Waals surface area contributed by atoms with Gasteiger partial charge in [0.25, 0.3) is 0 Å². The summed E-state index contributed by atoms with van der Waals surface area (Å²) in [6, 6.07) is 0. The summed E-state index contributed by atoms with van der Waals surface area (Å²) in [5, 5.41) is 14.1. The van der Waals surface area contributed by atoms with Crippen LogP contribution in [0.1, 0.15) is 33.3 Å². The van der Waals surface area contributed by atoms with Crippen molar-refractivity contribution in [2.75, 3.05) is 6.54 Å². The molecule has 1 aromatic heterocycles. The Labute approximate surface area is 84.7 Å². The second kappa shape index (κ2) is 3.37. The van der Waals surface area contributed by atoms with Gasteiger partial charge in [0, 0.05) is 18.3 Å². The molecule has 4 heteroatoms. The average molecular weight is 197 g/mol. The lowest BCUT2D eigenvalue weighted by Gasteiger charge is -2.21. The van der Waals surface area contributed by atoms with Crippen LogP contribution in [0.15, 0.2) is 12.4 Å². The number of aromatic nitrogens is 2. The molecular weight excluding hydrogens is 178 g/mol. The molecular formula is C10H19N3O. The maximum atomic E-state index is 9.90. The van der Waals surface area contributed by atoms with Crippen molar-refractivity contribution in [1.82, 2.24) is 9.78 Å². The Morgan fingerprint density at radius 1 is 1.43 bits per heavy atom. The van der Waals surface area contributed by atoms with Crippen molar-refractivity contribution in [1.29, 1.82) is 0 Å². The van der Waals surface area contributed by atoms with Crippen LogP contribution in [0, 0.1) is 0 Å². The summed E-state index contributed by atoms with van der Waals surface area (Å²) in [7, 11) is 0. The molecule has 0 fully saturated rings. The Morgan fingerprint density at radius 2 is 2.00 bits per heavy atom. The Morgan fingerprint density at radius 3 is 2.36 bits per heavy atom. The van der Waals surface area contributed by atoms with Crippen molar-refractivity contribution in [3.05, 3.63) is 18.0 Å². The van der Waals surface area contributed by atoms with Crippen LogP contribution in [0.5, 0.6) is 0 Å². The monoisotopic (exact) mass is 197 g/mol. The number of hydrogen-bond donors (Lipinski definition) is 2. The minimum Gasteiger partial charge on any atom is -0.384 e. The van der Waals surface area contributed by atoms with Crippen LogP contribution in [0.2, 0.25) is 0 Å². The molecule has 1 rings (SSSR count). The van der Waals surface area contributed by atoms with Gasteiger partial charge in [0.15, 0.2) is 0 Å². The molecule has 1 heterocycles. The SMILES string of the molecule is CC(O)(CN)c1cnn(C(C)(C)C)c1. The second-order valence-corrected chi connectivity index (χ2v) is 4.82. The van der Waals surface area contributed by atoms with Crippen molar-refractivity contribution in [2.24, 2.45) is 5.73 Å². The third-order valence-corrected chi connectivity index (χ3v) is 2.29. The van der Waals surface area contributed by atoms with Gasteiger partial charge in [-0.1, -0.05) is 0 Å². The lowest BCUT2D eigenvalue weighted by atomic mass is 10.00. The number of nitrogens with zero attached hydrogens (tertiary/aromatic N) is 2. The van der Waals surface area contributed by atoms with Crippen molar-refractivity contribution >= 4 is 0 Å². The number of rotatable bonds is 2. The Hall–Kier alpha value is -0.870. The fourth-order valence-electron chi connectivity index (χ4n) is 1.09. The van der Waals surface area contributed by atoms with E-state index in [0.717, 1.165) is 5.56 Å². The largest absolute Gasteiger partial charge is 0.384 e. The molecule has 14 heavy (non-hydrogen) atoms. The van der Waals surface area contributed by atoms with Gasteiger partial charge in [-0.3, -0.25) is 4.68 Å². The molecule has 0 bridgehead atoms. The summed E-state index contributed by atoms with van der Waals surface area (Å²) in [6.07, 6.45) is 3.50. The smallest absolute Gasteiger partial charge is 0.102 e. The summed E-state index contributed by atoms with van der Waals surface area (Å²) in [6.45, 7) is 8.06. The van der Waals surface area contributed by atoms with Crippen molar-refractivity contribution < 1.29 is 5.11 Å². The highest BCUT2D eigenvalue weighted by Gasteiger charge is 2.24. The van der Waals surface area contributed by atoms with Crippen LogP contribution in [-0.4, -0.2) is 21.4 Å². The first-order valence-corrected chi connectivity index (χ1v) is 4.75. The van der Waals surface area contributed by atoms with Gasteiger partial charge in [0.05, 0.1) is 11.7 Å². The topological polar surface area (TPSA) is 64.1 Å². The molecule has 0 aliphatic rings. The molecule has 3 N–H and O–H groups in total. The Kier molecular flexibility index (Phi) is 2.69. The number of hydrogen-bond acceptors (Lipinski definition) is 3. The molecule has 0 saturated carbocycles. The Bertz CT molecular complexity index is 309. The normalized spacial score (nSPS) is 16.7. The fourth-order valence-corrected chi connectivity index (χ4v) is 1.09. The molecule has 0 saturated heterocycles. The first-order valence-electron chi connectivity index (χ1n) is 4.75. The third-order valence-electron chi connectivity index (χ3n) is 2.29. The van der Waals surface area contributed by atoms with Gasteiger partial charge < -0.3 is 10.8 Å². The number of aliphatic hydroxyl groups is 1. The second-order valence-electron chi connectivity index (χ2n) is 4.82. The molecule has 0 radical (unpaired) electrons. The van der Waals surface area contributed by atoms with Crippen molar-refractivity contribution in [3.8, 4) is 0 Å². The maximum absolute atomic E-state index is 9.90. The van der Waals surface area contributed by atoms with E-state index in [1.54, 1.807) is 13.1 Å². The highest BCUT2D eigenvalue weighted by Crippen LogP contribution is 2.21. The van der Waals surface area contributed by atoms with Crippen LogP contribution < -0.4 is 5.73 Å². The standard InChI is InChI=1S/C10H19N3O/c1-9(2,3)13-6-8(5-12-13)10(4,14)7-11/h5-6,14H,7,11H2,1-4H3. The molecule has 0 aliphatic heterocycles. The maximum Gasteiger partial charge on any atom is 0.102 e. The van der Waals surface area contributed by atoms with Gasteiger partial charge in [-0.05, 0) is 27.7 Å². The molecule has 0 spiro atoms. The third kappa shape index (κ3) is 2.13. The van der Waals surface area contributed by atoms with Crippen LogP contribution in [-0.2, 0) is 11.1 Å². The van der Waals surface area contributed by atoms with Crippen LogP contribution >= 0.6 is 0 Å². The molecule has 1 atom stereocenters. The van der Waals surface area contributed by atoms with E-state index in [1.807, 2.05) is 10.9 Å². The first-order chi connectivity index (χ1) is 6.27. The van der Waals surface area contributed by atoms with E-state index >= 15 is 0 Å². The van der Waals surface area contributed by atoms with E-state index in [9.17, 15) is 5.11 Å². The van der Waals surface area contributed by atoms with Gasteiger partial charge >= 0.3 is 0 Å². The highest BCUT2D eigenvalue weighted by atomic mass is 16.3. The summed E-state index contributed by atoms with van der Waals surface area (Å²) in [5.41, 5.74) is 5.18. The molecule has 0 amide bonds. The predicted molar refractivity (Wildman–Crippen MR) is 55.8 cm³/mol. The minimum absolute atomic E-state index is 0.0665. The Balaban J connectivity index is 3.00. The quantitative estimate of drug-likeness (QED) is 0.737. The van der Waals surface area contributed by atoms with Gasteiger partial charge in [0.2, 0.25) is 0 Å². The molecule has 1 unspecified atom stereocenters. The predicted octanol–water partition coefficient (Wildman–Crippen LogP) is 0.804.